The molecule has 86 valence electrons. The molecule has 1 aromatic carbocycles. The maximum Gasteiger partial charge on any atom is 0.0726 e. The Morgan fingerprint density at radius 2 is 2.12 bits per heavy atom. The van der Waals surface area contributed by atoms with Crippen molar-refractivity contribution in [1.82, 2.24) is 4.98 Å². The molecule has 1 saturated carbocycles. The Labute approximate surface area is 106 Å². The van der Waals surface area contributed by atoms with Crippen molar-refractivity contribution in [3.05, 3.63) is 47.1 Å². The van der Waals surface area contributed by atoms with Crippen LogP contribution in [0, 0.1) is 0 Å². The third-order valence-electron chi connectivity index (χ3n) is 3.64. The second-order valence-electron chi connectivity index (χ2n) is 5.03. The number of hydrogen-bond donors (Lipinski definition) is 0. The standard InChI is InChI=1S/C15H14ClN/c1-3-10-4-5-11-12(16)9-14(15(2)6-7-15)17-13(11)8-10/h3-5,8-9H,1,6-7H2,2H3. The molecule has 1 aliphatic carbocycles. The van der Waals surface area contributed by atoms with Gasteiger partial charge in [-0.15, -0.1) is 0 Å². The average molecular weight is 244 g/mol. The zero-order valence-electron chi connectivity index (χ0n) is 9.83. The summed E-state index contributed by atoms with van der Waals surface area (Å²) < 4.78 is 0. The summed E-state index contributed by atoms with van der Waals surface area (Å²) in [5.41, 5.74) is 3.43. The monoisotopic (exact) mass is 243 g/mol. The van der Waals surface area contributed by atoms with E-state index in [1.165, 1.54) is 12.8 Å². The molecule has 17 heavy (non-hydrogen) atoms. The molecule has 3 rings (SSSR count). The number of nitrogens with zero attached hydrogens (tertiary/aromatic N) is 1. The third kappa shape index (κ3) is 1.75. The molecule has 0 radical (unpaired) electrons. The van der Waals surface area contributed by atoms with E-state index in [2.05, 4.69) is 13.5 Å². The summed E-state index contributed by atoms with van der Waals surface area (Å²) in [7, 11) is 0. The van der Waals surface area contributed by atoms with Crippen LogP contribution in [-0.4, -0.2) is 4.98 Å². The van der Waals surface area contributed by atoms with Gasteiger partial charge in [0.1, 0.15) is 0 Å². The Bertz CT molecular complexity index is 612. The van der Waals surface area contributed by atoms with Crippen LogP contribution in [0.5, 0.6) is 0 Å². The molecule has 0 atom stereocenters. The number of hydrogen-bond acceptors (Lipinski definition) is 1. The summed E-state index contributed by atoms with van der Waals surface area (Å²) in [4.78, 5) is 4.75. The van der Waals surface area contributed by atoms with E-state index in [9.17, 15) is 0 Å². The van der Waals surface area contributed by atoms with E-state index in [0.717, 1.165) is 27.2 Å². The molecule has 0 aliphatic heterocycles. The van der Waals surface area contributed by atoms with E-state index in [1.807, 2.05) is 30.3 Å². The minimum Gasteiger partial charge on any atom is -0.252 e. The number of pyridine rings is 1. The Kier molecular flexibility index (Phi) is 2.27. The maximum absolute atomic E-state index is 6.33. The largest absolute Gasteiger partial charge is 0.252 e. The second kappa shape index (κ2) is 3.58. The first-order chi connectivity index (χ1) is 8.12. The summed E-state index contributed by atoms with van der Waals surface area (Å²) >= 11 is 6.33. The van der Waals surface area contributed by atoms with Crippen LogP contribution < -0.4 is 0 Å². The van der Waals surface area contributed by atoms with Gasteiger partial charge in [0.2, 0.25) is 0 Å². The van der Waals surface area contributed by atoms with Crippen LogP contribution in [0.2, 0.25) is 5.02 Å². The second-order valence-corrected chi connectivity index (χ2v) is 5.44. The fourth-order valence-corrected chi connectivity index (χ4v) is 2.35. The Balaban J connectivity index is 2.25. The van der Waals surface area contributed by atoms with Gasteiger partial charge in [-0.25, -0.2) is 0 Å². The Morgan fingerprint density at radius 1 is 1.35 bits per heavy atom. The van der Waals surface area contributed by atoms with Gasteiger partial charge in [-0.05, 0) is 30.5 Å². The molecule has 1 aromatic heterocycles. The van der Waals surface area contributed by atoms with E-state index < -0.39 is 0 Å². The molecule has 1 nitrogen and oxygen atoms in total. The first-order valence-electron chi connectivity index (χ1n) is 5.86. The first kappa shape index (κ1) is 10.8. The highest BCUT2D eigenvalue weighted by Gasteiger charge is 2.40. The summed E-state index contributed by atoms with van der Waals surface area (Å²) in [5, 5.41) is 1.82. The van der Waals surface area contributed by atoms with Crippen LogP contribution in [-0.2, 0) is 5.41 Å². The van der Waals surface area contributed by atoms with Crippen molar-refractivity contribution in [3.8, 4) is 0 Å². The van der Waals surface area contributed by atoms with E-state index in [1.54, 1.807) is 0 Å². The van der Waals surface area contributed by atoms with Gasteiger partial charge < -0.3 is 0 Å². The summed E-state index contributed by atoms with van der Waals surface area (Å²) in [5.74, 6) is 0. The van der Waals surface area contributed by atoms with Crippen LogP contribution in [0.1, 0.15) is 31.0 Å². The lowest BCUT2D eigenvalue weighted by atomic mass is 10.0. The van der Waals surface area contributed by atoms with E-state index >= 15 is 0 Å². The lowest BCUT2D eigenvalue weighted by molar-refractivity contribution is 0.756. The van der Waals surface area contributed by atoms with Gasteiger partial charge in [0, 0.05) is 16.5 Å². The third-order valence-corrected chi connectivity index (χ3v) is 3.95. The quantitative estimate of drug-likeness (QED) is 0.752. The molecule has 0 N–H and O–H groups in total. The molecule has 0 saturated heterocycles. The minimum absolute atomic E-state index is 0.252. The highest BCUT2D eigenvalue weighted by Crippen LogP contribution is 2.47. The summed E-state index contributed by atoms with van der Waals surface area (Å²) in [6.07, 6.45) is 4.26. The molecule has 0 unspecified atom stereocenters. The topological polar surface area (TPSA) is 12.9 Å². The van der Waals surface area contributed by atoms with Crippen LogP contribution in [0.4, 0.5) is 0 Å². The van der Waals surface area contributed by atoms with Crippen LogP contribution in [0.3, 0.4) is 0 Å². The number of rotatable bonds is 2. The van der Waals surface area contributed by atoms with Crippen LogP contribution in [0.25, 0.3) is 17.0 Å². The van der Waals surface area contributed by atoms with Gasteiger partial charge in [-0.1, -0.05) is 43.3 Å². The molecule has 2 aromatic rings. The molecule has 0 bridgehead atoms. The smallest absolute Gasteiger partial charge is 0.0726 e. The van der Waals surface area contributed by atoms with Crippen molar-refractivity contribution in [2.45, 2.75) is 25.2 Å². The first-order valence-corrected chi connectivity index (χ1v) is 6.23. The van der Waals surface area contributed by atoms with E-state index in [-0.39, 0.29) is 5.41 Å². The fourth-order valence-electron chi connectivity index (χ4n) is 2.08. The number of fused-ring (bicyclic) bond motifs is 1. The average Bonchev–Trinajstić information content (AvgIpc) is 3.08. The predicted octanol–water partition coefficient (Wildman–Crippen LogP) is 4.58. The molecular formula is C15H14ClN. The van der Waals surface area contributed by atoms with Crippen molar-refractivity contribution < 1.29 is 0 Å². The lowest BCUT2D eigenvalue weighted by Crippen LogP contribution is -2.03. The van der Waals surface area contributed by atoms with E-state index in [0.29, 0.717) is 0 Å². The zero-order chi connectivity index (χ0) is 12.0. The van der Waals surface area contributed by atoms with Gasteiger partial charge in [-0.2, -0.15) is 0 Å². The highest BCUT2D eigenvalue weighted by molar-refractivity contribution is 6.35. The van der Waals surface area contributed by atoms with Crippen molar-refractivity contribution in [1.29, 1.82) is 0 Å². The maximum atomic E-state index is 6.33. The zero-order valence-corrected chi connectivity index (χ0v) is 10.6. The predicted molar refractivity (Wildman–Crippen MR) is 73.4 cm³/mol. The normalized spacial score (nSPS) is 17.1. The minimum atomic E-state index is 0.252. The molecule has 1 fully saturated rings. The number of benzene rings is 1. The van der Waals surface area contributed by atoms with Gasteiger partial charge in [-0.3, -0.25) is 4.98 Å². The van der Waals surface area contributed by atoms with Gasteiger partial charge in [0.15, 0.2) is 0 Å². The number of aromatic nitrogens is 1. The molecule has 0 amide bonds. The summed E-state index contributed by atoms with van der Waals surface area (Å²) in [6.45, 7) is 6.03. The number of halogens is 1. The Hall–Kier alpha value is -1.34. The lowest BCUT2D eigenvalue weighted by Gasteiger charge is -2.10. The SMILES string of the molecule is C=Cc1ccc2c(Cl)cc(C3(C)CC3)nc2c1. The Morgan fingerprint density at radius 3 is 2.76 bits per heavy atom. The van der Waals surface area contributed by atoms with Gasteiger partial charge in [0.05, 0.1) is 10.5 Å². The van der Waals surface area contributed by atoms with Crippen molar-refractivity contribution in [3.63, 3.8) is 0 Å². The van der Waals surface area contributed by atoms with Crippen molar-refractivity contribution >= 4 is 28.6 Å². The highest BCUT2D eigenvalue weighted by atomic mass is 35.5. The molecular weight excluding hydrogens is 230 g/mol. The fraction of sp³-hybridized carbons (Fsp3) is 0.267. The van der Waals surface area contributed by atoms with Crippen molar-refractivity contribution in [2.24, 2.45) is 0 Å². The van der Waals surface area contributed by atoms with Gasteiger partial charge in [0.25, 0.3) is 0 Å². The van der Waals surface area contributed by atoms with Gasteiger partial charge >= 0.3 is 0 Å². The molecule has 1 aliphatic rings. The molecule has 2 heteroatoms. The summed E-state index contributed by atoms with van der Waals surface area (Å²) in [6, 6.07) is 8.09. The van der Waals surface area contributed by atoms with Crippen LogP contribution >= 0.6 is 11.6 Å². The van der Waals surface area contributed by atoms with Crippen molar-refractivity contribution in [2.75, 3.05) is 0 Å². The van der Waals surface area contributed by atoms with Crippen LogP contribution in [0.15, 0.2) is 30.8 Å². The molecule has 1 heterocycles. The van der Waals surface area contributed by atoms with E-state index in [4.69, 9.17) is 16.6 Å². The molecule has 0 spiro atoms.